The Bertz CT molecular complexity index is 693. The Hall–Kier alpha value is -3.09. The summed E-state index contributed by atoms with van der Waals surface area (Å²) in [7, 11) is 0. The van der Waals surface area contributed by atoms with Crippen molar-refractivity contribution in [1.82, 2.24) is 10.3 Å². The van der Waals surface area contributed by atoms with Crippen molar-refractivity contribution in [1.29, 1.82) is 0 Å². The smallest absolute Gasteiger partial charge is 0.320 e. The van der Waals surface area contributed by atoms with Gasteiger partial charge in [-0.3, -0.25) is 10.3 Å². The molecule has 0 bridgehead atoms. The summed E-state index contributed by atoms with van der Waals surface area (Å²) in [5, 5.41) is 5.42. The van der Waals surface area contributed by atoms with Gasteiger partial charge in [0.25, 0.3) is 0 Å². The number of pyridine rings is 1. The van der Waals surface area contributed by atoms with Crippen LogP contribution in [0.2, 0.25) is 0 Å². The highest BCUT2D eigenvalue weighted by atomic mass is 16.2. The fourth-order valence-corrected chi connectivity index (χ4v) is 2.10. The quantitative estimate of drug-likeness (QED) is 0.329. The summed E-state index contributed by atoms with van der Waals surface area (Å²) in [5.41, 5.74) is 13.7. The zero-order valence-electron chi connectivity index (χ0n) is 14.7. The van der Waals surface area contributed by atoms with Crippen LogP contribution < -0.4 is 22.1 Å². The third-order valence-electron chi connectivity index (χ3n) is 3.47. The van der Waals surface area contributed by atoms with Gasteiger partial charge in [-0.25, -0.2) is 9.78 Å². The van der Waals surface area contributed by atoms with Crippen LogP contribution in [0, 0.1) is 5.92 Å². The van der Waals surface area contributed by atoms with Crippen molar-refractivity contribution in [2.75, 3.05) is 24.1 Å². The molecule has 1 rings (SSSR count). The number of aliphatic imine (C=N–C) groups is 1. The van der Waals surface area contributed by atoms with Crippen LogP contribution in [-0.4, -0.2) is 29.9 Å². The molecule has 0 fully saturated rings. The second kappa shape index (κ2) is 9.92. The number of aromatic nitrogens is 1. The minimum atomic E-state index is -0.372. The molecule has 1 aromatic heterocycles. The number of urea groups is 1. The van der Waals surface area contributed by atoms with Gasteiger partial charge < -0.3 is 16.8 Å². The van der Waals surface area contributed by atoms with Gasteiger partial charge in [-0.1, -0.05) is 38.3 Å². The molecule has 6 N–H and O–H groups in total. The summed E-state index contributed by atoms with van der Waals surface area (Å²) < 4.78 is 0. The van der Waals surface area contributed by atoms with Crippen LogP contribution in [0.25, 0.3) is 0 Å². The van der Waals surface area contributed by atoms with Crippen LogP contribution in [0.5, 0.6) is 0 Å². The molecule has 0 aliphatic heterocycles. The SMILES string of the molecule is C=C/C=C(\C=C)C(C)CNC(=O)Nc1cc(N)c(C(N)=NCC)cn1. The molecule has 134 valence electrons. The lowest BCUT2D eigenvalue weighted by Gasteiger charge is -2.14. The van der Waals surface area contributed by atoms with E-state index in [1.54, 1.807) is 18.2 Å². The number of hydrogen-bond donors (Lipinski definition) is 4. The molecule has 1 unspecified atom stereocenters. The molecule has 7 nitrogen and oxygen atoms in total. The molecular formula is C18H26N6O. The number of allylic oxidation sites excluding steroid dienone is 3. The summed E-state index contributed by atoms with van der Waals surface area (Å²) >= 11 is 0. The number of nitrogen functional groups attached to an aromatic ring is 1. The first-order chi connectivity index (χ1) is 11.9. The number of nitrogens with two attached hydrogens (primary N) is 2. The Morgan fingerprint density at radius 3 is 2.76 bits per heavy atom. The predicted octanol–water partition coefficient (Wildman–Crippen LogP) is 2.45. The lowest BCUT2D eigenvalue weighted by atomic mass is 10.0. The average molecular weight is 342 g/mol. The van der Waals surface area contributed by atoms with E-state index < -0.39 is 0 Å². The maximum Gasteiger partial charge on any atom is 0.320 e. The molecule has 0 aliphatic carbocycles. The van der Waals surface area contributed by atoms with Gasteiger partial charge in [0.15, 0.2) is 0 Å². The first-order valence-corrected chi connectivity index (χ1v) is 7.98. The second-order valence-corrected chi connectivity index (χ2v) is 5.36. The van der Waals surface area contributed by atoms with Gasteiger partial charge in [0.05, 0.1) is 5.56 Å². The molecule has 0 radical (unpaired) electrons. The number of nitrogens with zero attached hydrogens (tertiary/aromatic N) is 2. The van der Waals surface area contributed by atoms with Crippen LogP contribution >= 0.6 is 0 Å². The number of carbonyl (C=O) groups is 1. The molecule has 25 heavy (non-hydrogen) atoms. The number of hydrogen-bond acceptors (Lipinski definition) is 4. The van der Waals surface area contributed by atoms with E-state index in [9.17, 15) is 4.79 Å². The fraction of sp³-hybridized carbons (Fsp3) is 0.278. The Morgan fingerprint density at radius 2 is 2.20 bits per heavy atom. The number of anilines is 2. The molecule has 1 heterocycles. The zero-order chi connectivity index (χ0) is 18.8. The summed E-state index contributed by atoms with van der Waals surface area (Å²) in [6.07, 6.45) is 6.79. The zero-order valence-corrected chi connectivity index (χ0v) is 14.7. The highest BCUT2D eigenvalue weighted by Crippen LogP contribution is 2.15. The first kappa shape index (κ1) is 20.0. The summed E-state index contributed by atoms with van der Waals surface area (Å²) in [4.78, 5) is 20.2. The highest BCUT2D eigenvalue weighted by Gasteiger charge is 2.10. The van der Waals surface area contributed by atoms with Crippen molar-refractivity contribution < 1.29 is 4.79 Å². The number of nitrogens with one attached hydrogen (secondary N) is 2. The van der Waals surface area contributed by atoms with Gasteiger partial charge in [0.1, 0.15) is 11.7 Å². The summed E-state index contributed by atoms with van der Waals surface area (Å²) in [6, 6.07) is 1.17. The number of carbonyl (C=O) groups excluding carboxylic acids is 1. The molecule has 0 saturated heterocycles. The molecule has 0 aliphatic rings. The van der Waals surface area contributed by atoms with Gasteiger partial charge in [0, 0.05) is 31.0 Å². The van der Waals surface area contributed by atoms with Crippen LogP contribution in [0.15, 0.2) is 54.2 Å². The van der Waals surface area contributed by atoms with E-state index in [-0.39, 0.29) is 11.9 Å². The van der Waals surface area contributed by atoms with Crippen molar-refractivity contribution >= 4 is 23.4 Å². The predicted molar refractivity (Wildman–Crippen MR) is 105 cm³/mol. The lowest BCUT2D eigenvalue weighted by Crippen LogP contribution is -2.33. The topological polar surface area (TPSA) is 118 Å². The van der Waals surface area contributed by atoms with E-state index in [1.807, 2.05) is 19.9 Å². The molecule has 0 aromatic carbocycles. The van der Waals surface area contributed by atoms with Crippen molar-refractivity contribution in [3.05, 3.63) is 54.8 Å². The Morgan fingerprint density at radius 1 is 1.48 bits per heavy atom. The number of amides is 2. The maximum absolute atomic E-state index is 12.0. The van der Waals surface area contributed by atoms with Gasteiger partial charge in [0.2, 0.25) is 0 Å². The van der Waals surface area contributed by atoms with Crippen LogP contribution in [0.3, 0.4) is 0 Å². The van der Waals surface area contributed by atoms with E-state index >= 15 is 0 Å². The van der Waals surface area contributed by atoms with Crippen molar-refractivity contribution in [2.24, 2.45) is 16.6 Å². The van der Waals surface area contributed by atoms with E-state index in [0.717, 1.165) is 5.57 Å². The van der Waals surface area contributed by atoms with Gasteiger partial charge >= 0.3 is 6.03 Å². The first-order valence-electron chi connectivity index (χ1n) is 7.98. The van der Waals surface area contributed by atoms with Crippen molar-refractivity contribution in [2.45, 2.75) is 13.8 Å². The maximum atomic E-state index is 12.0. The fourth-order valence-electron chi connectivity index (χ4n) is 2.10. The van der Waals surface area contributed by atoms with E-state index in [0.29, 0.717) is 36.0 Å². The van der Waals surface area contributed by atoms with Crippen molar-refractivity contribution in [3.8, 4) is 0 Å². The normalized spacial score (nSPS) is 13.0. The Labute approximate surface area is 148 Å². The monoisotopic (exact) mass is 342 g/mol. The molecule has 2 amide bonds. The lowest BCUT2D eigenvalue weighted by molar-refractivity contribution is 0.251. The van der Waals surface area contributed by atoms with Crippen LogP contribution in [-0.2, 0) is 0 Å². The third-order valence-corrected chi connectivity index (χ3v) is 3.47. The average Bonchev–Trinajstić information content (AvgIpc) is 2.57. The standard InChI is InChI=1S/C18H26N6O/c1-5-8-13(6-2)12(4)10-23-18(25)24-16-9-15(19)14(11-22-16)17(20)21-7-3/h5-6,8-9,11-12H,1-2,7,10H2,3-4H3,(H2,20,21)(H4,19,22,23,24,25)/b13-8+. The van der Waals surface area contributed by atoms with Crippen LogP contribution in [0.4, 0.5) is 16.3 Å². The highest BCUT2D eigenvalue weighted by molar-refractivity contribution is 6.02. The van der Waals surface area contributed by atoms with E-state index in [2.05, 4.69) is 33.8 Å². The largest absolute Gasteiger partial charge is 0.398 e. The minimum absolute atomic E-state index is 0.103. The molecule has 0 saturated carbocycles. The molecule has 1 atom stereocenters. The molecule has 7 heteroatoms. The van der Waals surface area contributed by atoms with Gasteiger partial charge in [-0.2, -0.15) is 0 Å². The van der Waals surface area contributed by atoms with Gasteiger partial charge in [-0.15, -0.1) is 0 Å². The molecule has 1 aromatic rings. The van der Waals surface area contributed by atoms with E-state index in [4.69, 9.17) is 11.5 Å². The Balaban J connectivity index is 2.67. The van der Waals surface area contributed by atoms with E-state index in [1.165, 1.54) is 6.20 Å². The molecule has 0 spiro atoms. The van der Waals surface area contributed by atoms with Crippen LogP contribution in [0.1, 0.15) is 19.4 Å². The molecular weight excluding hydrogens is 316 g/mol. The van der Waals surface area contributed by atoms with Crippen molar-refractivity contribution in [3.63, 3.8) is 0 Å². The van der Waals surface area contributed by atoms with Gasteiger partial charge in [-0.05, 0) is 18.4 Å². The Kier molecular flexibility index (Phi) is 7.92. The number of amidine groups is 1. The number of rotatable bonds is 8. The summed E-state index contributed by atoms with van der Waals surface area (Å²) in [5.74, 6) is 0.760. The minimum Gasteiger partial charge on any atom is -0.398 e. The third kappa shape index (κ3) is 6.14. The summed E-state index contributed by atoms with van der Waals surface area (Å²) in [6.45, 7) is 12.3. The second-order valence-electron chi connectivity index (χ2n) is 5.36.